The van der Waals surface area contributed by atoms with Crippen molar-refractivity contribution >= 4 is 0 Å². The smallest absolute Gasteiger partial charge is 0.231 e. The van der Waals surface area contributed by atoms with Crippen molar-refractivity contribution < 1.29 is 23.3 Å². The molecule has 6 heteroatoms. The van der Waals surface area contributed by atoms with Crippen LogP contribution in [-0.4, -0.2) is 21.0 Å². The summed E-state index contributed by atoms with van der Waals surface area (Å²) < 4.78 is 34.9. The molecule has 0 saturated heterocycles. The predicted molar refractivity (Wildman–Crippen MR) is 87.3 cm³/mol. The minimum atomic E-state index is -0.367. The number of hydrogen-bond acceptors (Lipinski definition) is 5. The number of methoxy groups -OCH3 is 2. The average Bonchev–Trinajstić information content (AvgIpc) is 3.07. The van der Waals surface area contributed by atoms with Gasteiger partial charge in [-0.25, -0.2) is 4.39 Å². The van der Waals surface area contributed by atoms with Crippen LogP contribution in [0.2, 0.25) is 0 Å². The molecule has 0 radical (unpaired) electrons. The Morgan fingerprint density at radius 1 is 1.12 bits per heavy atom. The van der Waals surface area contributed by atoms with Crippen molar-refractivity contribution in [2.24, 2.45) is 0 Å². The van der Waals surface area contributed by atoms with E-state index in [-0.39, 0.29) is 24.4 Å². The summed E-state index contributed by atoms with van der Waals surface area (Å²) in [4.78, 5) is 0. The first-order chi connectivity index (χ1) is 11.6. The van der Waals surface area contributed by atoms with E-state index in [1.165, 1.54) is 13.2 Å². The van der Waals surface area contributed by atoms with Crippen LogP contribution in [0.5, 0.6) is 23.0 Å². The van der Waals surface area contributed by atoms with Crippen LogP contribution in [0.3, 0.4) is 0 Å². The van der Waals surface area contributed by atoms with Gasteiger partial charge in [0.15, 0.2) is 23.1 Å². The van der Waals surface area contributed by atoms with Gasteiger partial charge >= 0.3 is 0 Å². The van der Waals surface area contributed by atoms with Crippen LogP contribution in [0.4, 0.5) is 4.39 Å². The van der Waals surface area contributed by atoms with Crippen LogP contribution >= 0.6 is 0 Å². The summed E-state index contributed by atoms with van der Waals surface area (Å²) in [5.41, 5.74) is 1.85. The Hall–Kier alpha value is -2.47. The van der Waals surface area contributed by atoms with E-state index in [0.29, 0.717) is 23.8 Å². The summed E-state index contributed by atoms with van der Waals surface area (Å²) in [5, 5.41) is 3.36. The molecular formula is C18H20FNO4. The van der Waals surface area contributed by atoms with Crippen LogP contribution < -0.4 is 24.3 Å². The monoisotopic (exact) mass is 333 g/mol. The summed E-state index contributed by atoms with van der Waals surface area (Å²) in [7, 11) is 3.05. The van der Waals surface area contributed by atoms with Crippen molar-refractivity contribution in [3.63, 3.8) is 0 Å². The van der Waals surface area contributed by atoms with Gasteiger partial charge in [0.05, 0.1) is 14.2 Å². The van der Waals surface area contributed by atoms with Crippen molar-refractivity contribution in [1.82, 2.24) is 5.32 Å². The van der Waals surface area contributed by atoms with Gasteiger partial charge in [-0.2, -0.15) is 0 Å². The number of halogens is 1. The topological polar surface area (TPSA) is 49.0 Å². The molecule has 24 heavy (non-hydrogen) atoms. The Labute approximate surface area is 140 Å². The van der Waals surface area contributed by atoms with Crippen molar-refractivity contribution in [1.29, 1.82) is 0 Å². The molecule has 0 unspecified atom stereocenters. The van der Waals surface area contributed by atoms with E-state index in [1.54, 1.807) is 13.2 Å². The standard InChI is InChI=1S/C18H20FNO4/c1-11(13-4-5-15(21-2)14(19)8-13)20-9-12-6-16(22-3)18-17(7-12)23-10-24-18/h4-8,11,20H,9-10H2,1-3H3/t11-/m0/s1. The van der Waals surface area contributed by atoms with Gasteiger partial charge in [0.1, 0.15) is 0 Å². The molecule has 0 saturated carbocycles. The highest BCUT2D eigenvalue weighted by Gasteiger charge is 2.20. The third-order valence-corrected chi connectivity index (χ3v) is 4.01. The molecule has 1 aliphatic heterocycles. The molecule has 1 heterocycles. The SMILES string of the molecule is COc1ccc([C@H](C)NCc2cc(OC)c3c(c2)OCO3)cc1F. The quantitative estimate of drug-likeness (QED) is 0.878. The van der Waals surface area contributed by atoms with Crippen LogP contribution in [0.1, 0.15) is 24.1 Å². The third kappa shape index (κ3) is 3.23. The first-order valence-corrected chi connectivity index (χ1v) is 7.65. The molecule has 1 N–H and O–H groups in total. The molecule has 5 nitrogen and oxygen atoms in total. The summed E-state index contributed by atoms with van der Waals surface area (Å²) in [6.45, 7) is 2.76. The Balaban J connectivity index is 1.70. The van der Waals surface area contributed by atoms with E-state index in [1.807, 2.05) is 25.1 Å². The van der Waals surface area contributed by atoms with E-state index in [4.69, 9.17) is 18.9 Å². The van der Waals surface area contributed by atoms with E-state index in [0.717, 1.165) is 11.1 Å². The van der Waals surface area contributed by atoms with Gasteiger partial charge in [-0.15, -0.1) is 0 Å². The van der Waals surface area contributed by atoms with Crippen LogP contribution in [-0.2, 0) is 6.54 Å². The lowest BCUT2D eigenvalue weighted by Gasteiger charge is -2.16. The molecule has 0 bridgehead atoms. The fourth-order valence-corrected chi connectivity index (χ4v) is 2.63. The zero-order valence-electron chi connectivity index (χ0n) is 13.9. The lowest BCUT2D eigenvalue weighted by Crippen LogP contribution is -2.18. The van der Waals surface area contributed by atoms with Crippen LogP contribution in [0.25, 0.3) is 0 Å². The maximum atomic E-state index is 13.8. The Morgan fingerprint density at radius 2 is 1.92 bits per heavy atom. The second-order valence-electron chi connectivity index (χ2n) is 5.53. The van der Waals surface area contributed by atoms with Crippen molar-refractivity contribution in [2.45, 2.75) is 19.5 Å². The maximum absolute atomic E-state index is 13.8. The van der Waals surface area contributed by atoms with Gasteiger partial charge in [-0.1, -0.05) is 6.07 Å². The summed E-state index contributed by atoms with van der Waals surface area (Å²) in [6, 6.07) is 8.76. The maximum Gasteiger partial charge on any atom is 0.231 e. The van der Waals surface area contributed by atoms with Gasteiger partial charge in [0.2, 0.25) is 12.5 Å². The molecule has 1 atom stereocenters. The molecule has 1 aliphatic rings. The molecule has 0 spiro atoms. The lowest BCUT2D eigenvalue weighted by atomic mass is 10.1. The van der Waals surface area contributed by atoms with E-state index >= 15 is 0 Å². The summed E-state index contributed by atoms with van der Waals surface area (Å²) in [6.07, 6.45) is 0. The van der Waals surface area contributed by atoms with E-state index < -0.39 is 0 Å². The highest BCUT2D eigenvalue weighted by molar-refractivity contribution is 5.55. The van der Waals surface area contributed by atoms with E-state index in [2.05, 4.69) is 5.32 Å². The molecule has 0 fully saturated rings. The van der Waals surface area contributed by atoms with Crippen LogP contribution in [0.15, 0.2) is 30.3 Å². The molecule has 128 valence electrons. The molecular weight excluding hydrogens is 313 g/mol. The summed E-state index contributed by atoms with van der Waals surface area (Å²) in [5.74, 6) is 1.82. The number of fused-ring (bicyclic) bond motifs is 1. The van der Waals surface area contributed by atoms with Crippen molar-refractivity contribution in [3.05, 3.63) is 47.3 Å². The average molecular weight is 333 g/mol. The Kier molecular flexibility index (Phi) is 4.76. The van der Waals surface area contributed by atoms with Gasteiger partial charge < -0.3 is 24.3 Å². The number of rotatable bonds is 6. The van der Waals surface area contributed by atoms with Gasteiger partial charge in [-0.3, -0.25) is 0 Å². The number of ether oxygens (including phenoxy) is 4. The Morgan fingerprint density at radius 3 is 2.62 bits per heavy atom. The second kappa shape index (κ2) is 6.97. The molecule has 0 amide bonds. The first kappa shape index (κ1) is 16.4. The fraction of sp³-hybridized carbons (Fsp3) is 0.333. The molecule has 0 aromatic heterocycles. The van der Waals surface area contributed by atoms with Gasteiger partial charge in [0.25, 0.3) is 0 Å². The zero-order valence-corrected chi connectivity index (χ0v) is 13.9. The fourth-order valence-electron chi connectivity index (χ4n) is 2.63. The highest BCUT2D eigenvalue weighted by Crippen LogP contribution is 2.41. The minimum Gasteiger partial charge on any atom is -0.494 e. The van der Waals surface area contributed by atoms with Gasteiger partial charge in [0, 0.05) is 12.6 Å². The largest absolute Gasteiger partial charge is 0.494 e. The predicted octanol–water partition coefficient (Wildman–Crippen LogP) is 3.42. The third-order valence-electron chi connectivity index (χ3n) is 4.01. The first-order valence-electron chi connectivity index (χ1n) is 7.65. The number of benzene rings is 2. The zero-order chi connectivity index (χ0) is 17.1. The molecule has 3 rings (SSSR count). The highest BCUT2D eigenvalue weighted by atomic mass is 19.1. The lowest BCUT2D eigenvalue weighted by molar-refractivity contribution is 0.171. The number of hydrogen-bond donors (Lipinski definition) is 1. The normalized spacial score (nSPS) is 13.7. The number of nitrogens with one attached hydrogen (secondary N) is 1. The second-order valence-corrected chi connectivity index (χ2v) is 5.53. The molecule has 2 aromatic rings. The molecule has 0 aliphatic carbocycles. The van der Waals surface area contributed by atoms with Crippen molar-refractivity contribution in [2.75, 3.05) is 21.0 Å². The van der Waals surface area contributed by atoms with Crippen LogP contribution in [0, 0.1) is 5.82 Å². The summed E-state index contributed by atoms with van der Waals surface area (Å²) >= 11 is 0. The molecule has 2 aromatic carbocycles. The van der Waals surface area contributed by atoms with E-state index in [9.17, 15) is 4.39 Å². The minimum absolute atomic E-state index is 0.0261. The van der Waals surface area contributed by atoms with Gasteiger partial charge in [-0.05, 0) is 42.3 Å². The van der Waals surface area contributed by atoms with Crippen molar-refractivity contribution in [3.8, 4) is 23.0 Å². The Bertz CT molecular complexity index is 735.